The van der Waals surface area contributed by atoms with Crippen molar-refractivity contribution in [3.05, 3.63) is 23.8 Å². The molecule has 140 valence electrons. The summed E-state index contributed by atoms with van der Waals surface area (Å²) in [6.07, 6.45) is 2.33. The molecule has 3 aliphatic heterocycles. The van der Waals surface area contributed by atoms with Crippen molar-refractivity contribution in [2.45, 2.75) is 77.2 Å². The third kappa shape index (κ3) is 2.88. The summed E-state index contributed by atoms with van der Waals surface area (Å²) in [7, 11) is -0.355. The Morgan fingerprint density at radius 1 is 1.08 bits per heavy atom. The molecule has 2 fully saturated rings. The van der Waals surface area contributed by atoms with Crippen LogP contribution in [0.25, 0.3) is 0 Å². The van der Waals surface area contributed by atoms with Gasteiger partial charge in [0, 0.05) is 5.56 Å². The van der Waals surface area contributed by atoms with Crippen LogP contribution in [0.1, 0.15) is 59.9 Å². The Balaban J connectivity index is 1.69. The minimum absolute atomic E-state index is 0.148. The molecule has 1 aromatic rings. The van der Waals surface area contributed by atoms with Crippen LogP contribution in [-0.2, 0) is 14.8 Å². The normalized spacial score (nSPS) is 28.5. The van der Waals surface area contributed by atoms with Gasteiger partial charge in [-0.2, -0.15) is 0 Å². The number of aliphatic imine (C=N–C) groups is 1. The van der Waals surface area contributed by atoms with E-state index in [4.69, 9.17) is 14.3 Å². The lowest BCUT2D eigenvalue weighted by molar-refractivity contribution is 0.00578. The molecule has 3 heterocycles. The van der Waals surface area contributed by atoms with Gasteiger partial charge in [0.15, 0.2) is 0 Å². The standard InChI is InChI=1S/C20H30BN3O2/c1-18(2)14-10-9-13(21-25-19(3,4)20(5,6)26-21)12-16(14)23-17(24-18)15-8-7-11-22-15/h9-10,12,15,22H,7-8,11H2,1-6H3,(H,23,24)/t15-/m0/s1. The van der Waals surface area contributed by atoms with Gasteiger partial charge >= 0.3 is 7.12 Å². The molecule has 2 saturated heterocycles. The Morgan fingerprint density at radius 2 is 1.77 bits per heavy atom. The van der Waals surface area contributed by atoms with Crippen LogP contribution in [-0.4, -0.2) is 36.7 Å². The third-order valence-corrected chi connectivity index (χ3v) is 6.29. The molecule has 0 amide bonds. The molecule has 0 aromatic heterocycles. The second kappa shape index (κ2) is 5.81. The van der Waals surface area contributed by atoms with Crippen LogP contribution < -0.4 is 16.1 Å². The molecule has 1 atom stereocenters. The number of benzene rings is 1. The highest BCUT2D eigenvalue weighted by atomic mass is 16.7. The van der Waals surface area contributed by atoms with E-state index in [9.17, 15) is 0 Å². The summed E-state index contributed by atoms with van der Waals surface area (Å²) < 4.78 is 12.4. The van der Waals surface area contributed by atoms with Gasteiger partial charge < -0.3 is 19.9 Å². The van der Waals surface area contributed by atoms with Gasteiger partial charge in [0.25, 0.3) is 0 Å². The molecule has 6 heteroatoms. The molecular formula is C20H30BN3O2. The molecule has 3 aliphatic rings. The fourth-order valence-corrected chi connectivity index (χ4v) is 3.92. The molecule has 0 bridgehead atoms. The van der Waals surface area contributed by atoms with E-state index >= 15 is 0 Å². The second-order valence-corrected chi connectivity index (χ2v) is 9.26. The maximum Gasteiger partial charge on any atom is 0.494 e. The minimum atomic E-state index is -0.355. The minimum Gasteiger partial charge on any atom is -0.399 e. The highest BCUT2D eigenvalue weighted by Crippen LogP contribution is 2.38. The first kappa shape index (κ1) is 18.0. The lowest BCUT2D eigenvalue weighted by Crippen LogP contribution is -2.50. The molecule has 1 aromatic carbocycles. The van der Waals surface area contributed by atoms with Crippen LogP contribution in [0.15, 0.2) is 23.2 Å². The molecule has 5 nitrogen and oxygen atoms in total. The van der Waals surface area contributed by atoms with E-state index in [0.29, 0.717) is 6.04 Å². The number of hydrogen-bond acceptors (Lipinski definition) is 5. The van der Waals surface area contributed by atoms with Crippen LogP contribution in [0, 0.1) is 0 Å². The van der Waals surface area contributed by atoms with Gasteiger partial charge in [0.05, 0.1) is 28.5 Å². The maximum atomic E-state index is 6.22. The average Bonchev–Trinajstić information content (AvgIpc) is 3.13. The number of rotatable bonds is 2. The summed E-state index contributed by atoms with van der Waals surface area (Å²) in [5.41, 5.74) is 2.44. The van der Waals surface area contributed by atoms with Crippen molar-refractivity contribution in [1.82, 2.24) is 10.6 Å². The molecule has 0 spiro atoms. The maximum absolute atomic E-state index is 6.22. The molecule has 4 rings (SSSR count). The highest BCUT2D eigenvalue weighted by molar-refractivity contribution is 6.62. The number of hydrogen-bond donors (Lipinski definition) is 2. The summed E-state index contributed by atoms with van der Waals surface area (Å²) in [5.74, 6) is 1.05. The molecular weight excluding hydrogens is 325 g/mol. The first-order valence-electron chi connectivity index (χ1n) is 9.69. The Hall–Kier alpha value is -1.37. The SMILES string of the molecule is CC1(C)NC([C@@H]2CCCN2)=Nc2cc(B3OC(C)(C)C(C)(C)O3)ccc21. The monoisotopic (exact) mass is 355 g/mol. The Kier molecular flexibility index (Phi) is 4.03. The van der Waals surface area contributed by atoms with E-state index in [1.807, 2.05) is 0 Å². The van der Waals surface area contributed by atoms with Crippen molar-refractivity contribution >= 4 is 24.1 Å². The van der Waals surface area contributed by atoms with Gasteiger partial charge in [-0.3, -0.25) is 0 Å². The van der Waals surface area contributed by atoms with Gasteiger partial charge in [0.1, 0.15) is 5.84 Å². The van der Waals surface area contributed by atoms with Gasteiger partial charge in [-0.05, 0) is 72.5 Å². The average molecular weight is 355 g/mol. The molecule has 0 saturated carbocycles. The van der Waals surface area contributed by atoms with Crippen LogP contribution in [0.5, 0.6) is 0 Å². The van der Waals surface area contributed by atoms with Gasteiger partial charge in [-0.1, -0.05) is 12.1 Å². The third-order valence-electron chi connectivity index (χ3n) is 6.29. The lowest BCUT2D eigenvalue weighted by Gasteiger charge is -2.36. The summed E-state index contributed by atoms with van der Waals surface area (Å²) in [5, 5.41) is 7.17. The molecule has 0 radical (unpaired) electrons. The van der Waals surface area contributed by atoms with E-state index in [0.717, 1.165) is 30.0 Å². The number of fused-ring (bicyclic) bond motifs is 1. The summed E-state index contributed by atoms with van der Waals surface area (Å²) >= 11 is 0. The zero-order valence-corrected chi connectivity index (χ0v) is 16.8. The number of amidine groups is 1. The topological polar surface area (TPSA) is 54.9 Å². The Morgan fingerprint density at radius 3 is 2.38 bits per heavy atom. The van der Waals surface area contributed by atoms with E-state index in [2.05, 4.69) is 70.4 Å². The van der Waals surface area contributed by atoms with Gasteiger partial charge in [0.2, 0.25) is 0 Å². The quantitative estimate of drug-likeness (QED) is 0.801. The predicted octanol–water partition coefficient (Wildman–Crippen LogP) is 2.61. The molecule has 0 unspecified atom stereocenters. The lowest BCUT2D eigenvalue weighted by atomic mass is 9.77. The van der Waals surface area contributed by atoms with Crippen molar-refractivity contribution < 1.29 is 9.31 Å². The van der Waals surface area contributed by atoms with Crippen molar-refractivity contribution in [3.8, 4) is 0 Å². The van der Waals surface area contributed by atoms with Crippen molar-refractivity contribution in [1.29, 1.82) is 0 Å². The Labute approximate surface area is 157 Å². The number of nitrogens with zero attached hydrogens (tertiary/aromatic N) is 1. The first-order chi connectivity index (χ1) is 12.1. The van der Waals surface area contributed by atoms with Gasteiger partial charge in [-0.15, -0.1) is 0 Å². The highest BCUT2D eigenvalue weighted by Gasteiger charge is 2.52. The fraction of sp³-hybridized carbons (Fsp3) is 0.650. The molecule has 2 N–H and O–H groups in total. The van der Waals surface area contributed by atoms with Crippen LogP contribution in [0.2, 0.25) is 0 Å². The van der Waals surface area contributed by atoms with Crippen LogP contribution in [0.3, 0.4) is 0 Å². The molecule has 0 aliphatic carbocycles. The largest absolute Gasteiger partial charge is 0.494 e. The molecule has 26 heavy (non-hydrogen) atoms. The Bertz CT molecular complexity index is 735. The smallest absolute Gasteiger partial charge is 0.399 e. The zero-order valence-electron chi connectivity index (χ0n) is 16.8. The van der Waals surface area contributed by atoms with Crippen LogP contribution in [0.4, 0.5) is 5.69 Å². The van der Waals surface area contributed by atoms with Gasteiger partial charge in [-0.25, -0.2) is 4.99 Å². The summed E-state index contributed by atoms with van der Waals surface area (Å²) in [6.45, 7) is 13.8. The van der Waals surface area contributed by atoms with Crippen molar-refractivity contribution in [2.24, 2.45) is 4.99 Å². The first-order valence-corrected chi connectivity index (χ1v) is 9.69. The van der Waals surface area contributed by atoms with E-state index < -0.39 is 0 Å². The zero-order chi connectivity index (χ0) is 18.7. The summed E-state index contributed by atoms with van der Waals surface area (Å²) in [4.78, 5) is 4.96. The second-order valence-electron chi connectivity index (χ2n) is 9.26. The van der Waals surface area contributed by atoms with E-state index in [1.165, 1.54) is 12.0 Å². The fourth-order valence-electron chi connectivity index (χ4n) is 3.92. The van der Waals surface area contributed by atoms with E-state index in [-0.39, 0.29) is 23.9 Å². The van der Waals surface area contributed by atoms with Crippen LogP contribution >= 0.6 is 0 Å². The van der Waals surface area contributed by atoms with Crippen molar-refractivity contribution in [2.75, 3.05) is 6.54 Å². The van der Waals surface area contributed by atoms with E-state index in [1.54, 1.807) is 0 Å². The summed E-state index contributed by atoms with van der Waals surface area (Å²) in [6, 6.07) is 6.72. The predicted molar refractivity (Wildman–Crippen MR) is 106 cm³/mol. The van der Waals surface area contributed by atoms with Crippen molar-refractivity contribution in [3.63, 3.8) is 0 Å². The number of nitrogens with one attached hydrogen (secondary N) is 2.